The van der Waals surface area contributed by atoms with Gasteiger partial charge in [0.2, 0.25) is 0 Å². The fourth-order valence-electron chi connectivity index (χ4n) is 1.36. The monoisotopic (exact) mass is 177 g/mol. The largest absolute Gasteiger partial charge is 0.386 e. The molecule has 2 rings (SSSR count). The molecule has 5 nitrogen and oxygen atoms in total. The lowest BCUT2D eigenvalue weighted by Crippen LogP contribution is -2.23. The summed E-state index contributed by atoms with van der Waals surface area (Å²) in [6.45, 7) is 2.06. The Morgan fingerprint density at radius 2 is 2.46 bits per heavy atom. The Morgan fingerprint density at radius 3 is 3.00 bits per heavy atom. The predicted molar refractivity (Wildman–Crippen MR) is 50.2 cm³/mol. The van der Waals surface area contributed by atoms with Crippen LogP contribution in [0.5, 0.6) is 0 Å². The van der Waals surface area contributed by atoms with Crippen LogP contribution in [0, 0.1) is 0 Å². The molecule has 1 aliphatic heterocycles. The minimum atomic E-state index is 0.287. The predicted octanol–water partition coefficient (Wildman–Crippen LogP) is 0.347. The van der Waals surface area contributed by atoms with E-state index in [9.17, 15) is 0 Å². The zero-order valence-electron chi connectivity index (χ0n) is 7.38. The van der Waals surface area contributed by atoms with Gasteiger partial charge < -0.3 is 5.73 Å². The zero-order chi connectivity index (χ0) is 9.26. The van der Waals surface area contributed by atoms with Crippen LogP contribution in [-0.4, -0.2) is 21.8 Å². The third-order valence-electron chi connectivity index (χ3n) is 1.96. The van der Waals surface area contributed by atoms with Gasteiger partial charge in [-0.25, -0.2) is 15.0 Å². The molecule has 0 radical (unpaired) electrons. The number of rotatable bonds is 1. The summed E-state index contributed by atoms with van der Waals surface area (Å²) < 4.78 is 0. The molecule has 0 aromatic carbocycles. The maximum Gasteiger partial charge on any atom is 0.152 e. The van der Waals surface area contributed by atoms with Crippen molar-refractivity contribution < 1.29 is 0 Å². The number of hydrogen-bond acceptors (Lipinski definition) is 5. The SMILES string of the molecule is CC1CC(N)=NN1c1ccncn1. The van der Waals surface area contributed by atoms with E-state index >= 15 is 0 Å². The van der Waals surface area contributed by atoms with Gasteiger partial charge in [-0.15, -0.1) is 0 Å². The van der Waals surface area contributed by atoms with E-state index in [1.54, 1.807) is 6.20 Å². The van der Waals surface area contributed by atoms with Crippen molar-refractivity contribution in [1.29, 1.82) is 0 Å². The smallest absolute Gasteiger partial charge is 0.152 e. The van der Waals surface area contributed by atoms with Crippen molar-refractivity contribution in [2.24, 2.45) is 10.8 Å². The number of nitrogens with zero attached hydrogens (tertiary/aromatic N) is 4. The fraction of sp³-hybridized carbons (Fsp3) is 0.375. The molecule has 0 saturated heterocycles. The Morgan fingerprint density at radius 1 is 1.62 bits per heavy atom. The minimum absolute atomic E-state index is 0.287. The van der Waals surface area contributed by atoms with Gasteiger partial charge >= 0.3 is 0 Å². The van der Waals surface area contributed by atoms with Crippen molar-refractivity contribution in [3.05, 3.63) is 18.6 Å². The van der Waals surface area contributed by atoms with Crippen LogP contribution in [-0.2, 0) is 0 Å². The normalized spacial score (nSPS) is 21.8. The van der Waals surface area contributed by atoms with Gasteiger partial charge in [-0.05, 0) is 6.92 Å². The molecule has 1 atom stereocenters. The van der Waals surface area contributed by atoms with Crippen LogP contribution in [0.25, 0.3) is 0 Å². The second-order valence-corrected chi connectivity index (χ2v) is 3.06. The molecule has 0 saturated carbocycles. The molecule has 0 aliphatic carbocycles. The first kappa shape index (κ1) is 7.97. The van der Waals surface area contributed by atoms with E-state index in [1.165, 1.54) is 6.33 Å². The maximum atomic E-state index is 5.62. The summed E-state index contributed by atoms with van der Waals surface area (Å²) in [4.78, 5) is 7.94. The molecule has 0 spiro atoms. The van der Waals surface area contributed by atoms with E-state index in [2.05, 4.69) is 22.0 Å². The van der Waals surface area contributed by atoms with Crippen LogP contribution in [0.2, 0.25) is 0 Å². The quantitative estimate of drug-likeness (QED) is 0.672. The lowest BCUT2D eigenvalue weighted by Gasteiger charge is -2.17. The van der Waals surface area contributed by atoms with Crippen molar-refractivity contribution >= 4 is 11.7 Å². The first-order chi connectivity index (χ1) is 6.27. The second-order valence-electron chi connectivity index (χ2n) is 3.06. The first-order valence-electron chi connectivity index (χ1n) is 4.15. The molecule has 0 amide bonds. The van der Waals surface area contributed by atoms with Gasteiger partial charge in [0, 0.05) is 18.7 Å². The molecule has 5 heteroatoms. The van der Waals surface area contributed by atoms with Crippen LogP contribution < -0.4 is 10.7 Å². The second kappa shape index (κ2) is 3.01. The standard InChI is InChI=1S/C8H11N5/c1-6-4-7(9)12-13(6)8-2-3-10-5-11-8/h2-3,5-6H,4H2,1H3,(H2,9,12). The molecule has 68 valence electrons. The molecular formula is C8H11N5. The summed E-state index contributed by atoms with van der Waals surface area (Å²) >= 11 is 0. The van der Waals surface area contributed by atoms with Crippen molar-refractivity contribution in [2.45, 2.75) is 19.4 Å². The van der Waals surface area contributed by atoms with E-state index in [4.69, 9.17) is 5.73 Å². The van der Waals surface area contributed by atoms with Gasteiger partial charge in [0.05, 0.1) is 6.04 Å². The fourth-order valence-corrected chi connectivity index (χ4v) is 1.36. The van der Waals surface area contributed by atoms with Crippen LogP contribution in [0.15, 0.2) is 23.7 Å². The average molecular weight is 177 g/mol. The van der Waals surface area contributed by atoms with Gasteiger partial charge in [-0.2, -0.15) is 5.10 Å². The summed E-state index contributed by atoms with van der Waals surface area (Å²) in [6, 6.07) is 2.10. The van der Waals surface area contributed by atoms with E-state index in [0.29, 0.717) is 5.84 Å². The van der Waals surface area contributed by atoms with Crippen molar-refractivity contribution in [1.82, 2.24) is 9.97 Å². The summed E-state index contributed by atoms with van der Waals surface area (Å²) in [6.07, 6.45) is 4.00. The van der Waals surface area contributed by atoms with Crippen LogP contribution in [0.3, 0.4) is 0 Å². The van der Waals surface area contributed by atoms with E-state index in [0.717, 1.165) is 12.2 Å². The molecule has 0 bridgehead atoms. The lowest BCUT2D eigenvalue weighted by molar-refractivity contribution is 0.711. The minimum Gasteiger partial charge on any atom is -0.386 e. The number of anilines is 1. The van der Waals surface area contributed by atoms with Crippen LogP contribution >= 0.6 is 0 Å². The van der Waals surface area contributed by atoms with Crippen LogP contribution in [0.1, 0.15) is 13.3 Å². The van der Waals surface area contributed by atoms with Crippen molar-refractivity contribution in [3.63, 3.8) is 0 Å². The van der Waals surface area contributed by atoms with E-state index in [1.807, 2.05) is 11.1 Å². The topological polar surface area (TPSA) is 67.4 Å². The summed E-state index contributed by atoms with van der Waals surface area (Å²) in [7, 11) is 0. The molecule has 1 unspecified atom stereocenters. The van der Waals surface area contributed by atoms with Gasteiger partial charge in [0.1, 0.15) is 12.2 Å². The maximum absolute atomic E-state index is 5.62. The highest BCUT2D eigenvalue weighted by molar-refractivity contribution is 5.84. The third kappa shape index (κ3) is 1.44. The molecule has 2 heterocycles. The highest BCUT2D eigenvalue weighted by Gasteiger charge is 2.22. The molecule has 0 fully saturated rings. The zero-order valence-corrected chi connectivity index (χ0v) is 7.38. The Balaban J connectivity index is 2.27. The molecule has 1 aromatic rings. The Bertz CT molecular complexity index is 321. The molecule has 1 aromatic heterocycles. The number of hydrogen-bond donors (Lipinski definition) is 1. The number of hydrazone groups is 1. The number of amidine groups is 1. The Kier molecular flexibility index (Phi) is 1.84. The number of nitrogens with two attached hydrogens (primary N) is 1. The highest BCUT2D eigenvalue weighted by atomic mass is 15.5. The summed E-state index contributed by atoms with van der Waals surface area (Å²) in [5.41, 5.74) is 5.62. The summed E-state index contributed by atoms with van der Waals surface area (Å²) in [5, 5.41) is 5.99. The Labute approximate surface area is 76.3 Å². The summed E-state index contributed by atoms with van der Waals surface area (Å²) in [5.74, 6) is 1.45. The van der Waals surface area contributed by atoms with E-state index < -0.39 is 0 Å². The first-order valence-corrected chi connectivity index (χ1v) is 4.15. The molecule has 13 heavy (non-hydrogen) atoms. The third-order valence-corrected chi connectivity index (χ3v) is 1.96. The van der Waals surface area contributed by atoms with Gasteiger partial charge in [0.25, 0.3) is 0 Å². The molecule has 1 aliphatic rings. The molecular weight excluding hydrogens is 166 g/mol. The lowest BCUT2D eigenvalue weighted by atomic mass is 10.2. The highest BCUT2D eigenvalue weighted by Crippen LogP contribution is 2.19. The van der Waals surface area contributed by atoms with Gasteiger partial charge in [0.15, 0.2) is 5.82 Å². The van der Waals surface area contributed by atoms with Gasteiger partial charge in [-0.3, -0.25) is 0 Å². The van der Waals surface area contributed by atoms with Gasteiger partial charge in [-0.1, -0.05) is 0 Å². The van der Waals surface area contributed by atoms with E-state index in [-0.39, 0.29) is 6.04 Å². The number of aromatic nitrogens is 2. The average Bonchev–Trinajstić information content (AvgIpc) is 2.47. The van der Waals surface area contributed by atoms with Crippen molar-refractivity contribution in [2.75, 3.05) is 5.01 Å². The molecule has 2 N–H and O–H groups in total. The van der Waals surface area contributed by atoms with Crippen molar-refractivity contribution in [3.8, 4) is 0 Å². The Hall–Kier alpha value is -1.65. The van der Waals surface area contributed by atoms with Crippen LogP contribution in [0.4, 0.5) is 5.82 Å².